The highest BCUT2D eigenvalue weighted by atomic mass is 35.5. The fourth-order valence-corrected chi connectivity index (χ4v) is 5.42. The third-order valence-electron chi connectivity index (χ3n) is 6.60. The van der Waals surface area contributed by atoms with Gasteiger partial charge < -0.3 is 4.74 Å². The third-order valence-corrected chi connectivity index (χ3v) is 6.88. The van der Waals surface area contributed by atoms with E-state index in [2.05, 4.69) is 35.3 Å². The maximum Gasteiger partial charge on any atom is 0.252 e. The molecule has 28 heavy (non-hydrogen) atoms. The molecule has 1 N–H and O–H groups in total. The Balaban J connectivity index is 1.38. The number of ether oxygens (including phenoxy) is 1. The van der Waals surface area contributed by atoms with E-state index in [1.807, 2.05) is 12.4 Å². The lowest BCUT2D eigenvalue weighted by molar-refractivity contribution is 0.0810. The standard InChI is InChI=1S/C18H23ClN8O/c1-28-15(10-6-7-10)12-9-25(24-21-12)18-23-22-16-11-4-2-3-5-13(11)26-14(27(16)18)8-20-17(26)19/h8-11,13,15-16,22H,2-7H2,1H3. The Kier molecular flexibility index (Phi) is 3.71. The summed E-state index contributed by atoms with van der Waals surface area (Å²) in [6.45, 7) is 0. The molecule has 4 atom stereocenters. The molecule has 6 rings (SSSR count). The van der Waals surface area contributed by atoms with Crippen LogP contribution in [0.5, 0.6) is 0 Å². The molecule has 0 amide bonds. The van der Waals surface area contributed by atoms with Gasteiger partial charge in [-0.2, -0.15) is 4.68 Å². The van der Waals surface area contributed by atoms with Crippen LogP contribution in [-0.4, -0.2) is 43.8 Å². The van der Waals surface area contributed by atoms with Crippen LogP contribution in [0, 0.1) is 11.8 Å². The Labute approximate surface area is 167 Å². The van der Waals surface area contributed by atoms with Gasteiger partial charge in [-0.15, -0.1) is 10.2 Å². The summed E-state index contributed by atoms with van der Waals surface area (Å²) in [5, 5.41) is 13.9. The summed E-state index contributed by atoms with van der Waals surface area (Å²) < 4.78 is 9.57. The number of methoxy groups -OCH3 is 1. The summed E-state index contributed by atoms with van der Waals surface area (Å²) in [5.41, 5.74) is 4.21. The maximum absolute atomic E-state index is 6.48. The molecular weight excluding hydrogens is 380 g/mol. The number of hydrogen-bond donors (Lipinski definition) is 1. The first kappa shape index (κ1) is 16.8. The molecule has 4 heterocycles. The molecule has 0 aromatic carbocycles. The van der Waals surface area contributed by atoms with Crippen LogP contribution in [-0.2, 0) is 4.74 Å². The van der Waals surface area contributed by atoms with Crippen LogP contribution in [0.4, 0.5) is 5.82 Å². The predicted octanol–water partition coefficient (Wildman–Crippen LogP) is 2.53. The summed E-state index contributed by atoms with van der Waals surface area (Å²) in [6.07, 6.45) is 11.0. The van der Waals surface area contributed by atoms with E-state index in [1.165, 1.54) is 25.7 Å². The van der Waals surface area contributed by atoms with Crippen LogP contribution in [0.3, 0.4) is 0 Å². The zero-order valence-corrected chi connectivity index (χ0v) is 16.5. The van der Waals surface area contributed by atoms with E-state index in [0.717, 1.165) is 24.4 Å². The van der Waals surface area contributed by atoms with Gasteiger partial charge in [0.05, 0.1) is 12.4 Å². The van der Waals surface area contributed by atoms with E-state index < -0.39 is 0 Å². The molecule has 2 aromatic rings. The van der Waals surface area contributed by atoms with Crippen molar-refractivity contribution in [1.82, 2.24) is 30.0 Å². The lowest BCUT2D eigenvalue weighted by Gasteiger charge is -2.45. The van der Waals surface area contributed by atoms with Gasteiger partial charge in [0, 0.05) is 19.1 Å². The first-order valence-electron chi connectivity index (χ1n) is 10.1. The Morgan fingerprint density at radius 1 is 1.25 bits per heavy atom. The number of hydrogen-bond acceptors (Lipinski definition) is 7. The quantitative estimate of drug-likeness (QED) is 0.849. The highest BCUT2D eigenvalue weighted by molar-refractivity contribution is 6.28. The second-order valence-corrected chi connectivity index (χ2v) is 8.55. The Hall–Kier alpha value is -2.13. The fourth-order valence-electron chi connectivity index (χ4n) is 5.16. The number of fused-ring (bicyclic) bond motifs is 6. The lowest BCUT2D eigenvalue weighted by atomic mass is 9.80. The van der Waals surface area contributed by atoms with Crippen molar-refractivity contribution in [1.29, 1.82) is 0 Å². The van der Waals surface area contributed by atoms with Gasteiger partial charge in [0.2, 0.25) is 5.28 Å². The summed E-state index contributed by atoms with van der Waals surface area (Å²) in [5.74, 6) is 2.64. The van der Waals surface area contributed by atoms with Crippen molar-refractivity contribution in [2.45, 2.75) is 56.8 Å². The van der Waals surface area contributed by atoms with E-state index in [9.17, 15) is 0 Å². The Bertz CT molecular complexity index is 934. The molecule has 4 aliphatic rings. The minimum absolute atomic E-state index is 0.00330. The molecule has 2 saturated carbocycles. The number of nitrogens with one attached hydrogen (secondary N) is 1. The van der Waals surface area contributed by atoms with Crippen molar-refractivity contribution in [2.75, 3.05) is 12.0 Å². The van der Waals surface area contributed by atoms with E-state index >= 15 is 0 Å². The van der Waals surface area contributed by atoms with E-state index in [-0.39, 0.29) is 12.3 Å². The van der Waals surface area contributed by atoms with Crippen molar-refractivity contribution < 1.29 is 4.74 Å². The minimum Gasteiger partial charge on any atom is -0.375 e. The second-order valence-electron chi connectivity index (χ2n) is 8.21. The molecule has 2 aromatic heterocycles. The van der Waals surface area contributed by atoms with E-state index in [4.69, 9.17) is 16.3 Å². The first-order chi connectivity index (χ1) is 13.8. The van der Waals surface area contributed by atoms with Crippen molar-refractivity contribution in [3.8, 4) is 0 Å². The SMILES string of the molecule is COC(c1cn(C2=NNC3C4CCCCC4n4c(cnc4Cl)N23)nn1)C1CC1. The average Bonchev–Trinajstić information content (AvgIpc) is 3.11. The Morgan fingerprint density at radius 3 is 2.93 bits per heavy atom. The number of rotatable bonds is 3. The largest absolute Gasteiger partial charge is 0.375 e. The van der Waals surface area contributed by atoms with Gasteiger partial charge in [-0.3, -0.25) is 14.9 Å². The zero-order chi connectivity index (χ0) is 18.8. The van der Waals surface area contributed by atoms with Gasteiger partial charge in [0.15, 0.2) is 0 Å². The molecule has 10 heteroatoms. The third kappa shape index (κ3) is 2.35. The van der Waals surface area contributed by atoms with Gasteiger partial charge in [-0.05, 0) is 43.2 Å². The number of imidazole rings is 1. The molecule has 0 radical (unpaired) electrons. The highest BCUT2D eigenvalue weighted by Gasteiger charge is 2.48. The van der Waals surface area contributed by atoms with Gasteiger partial charge in [-0.25, -0.2) is 4.98 Å². The molecule has 4 unspecified atom stereocenters. The monoisotopic (exact) mass is 402 g/mol. The minimum atomic E-state index is 0.00330. The molecule has 0 saturated heterocycles. The molecule has 0 spiro atoms. The predicted molar refractivity (Wildman–Crippen MR) is 103 cm³/mol. The normalized spacial score (nSPS) is 29.6. The smallest absolute Gasteiger partial charge is 0.252 e. The summed E-state index contributed by atoms with van der Waals surface area (Å²) in [4.78, 5) is 6.56. The topological polar surface area (TPSA) is 85.4 Å². The van der Waals surface area contributed by atoms with Crippen molar-refractivity contribution in [2.24, 2.45) is 16.9 Å². The van der Waals surface area contributed by atoms with Gasteiger partial charge in [-0.1, -0.05) is 18.1 Å². The molecule has 2 fully saturated rings. The number of halogens is 1. The average molecular weight is 403 g/mol. The van der Waals surface area contributed by atoms with E-state index in [0.29, 0.717) is 29.1 Å². The lowest BCUT2D eigenvalue weighted by Crippen LogP contribution is -2.54. The number of hydrazone groups is 1. The zero-order valence-electron chi connectivity index (χ0n) is 15.7. The van der Waals surface area contributed by atoms with Crippen LogP contribution >= 0.6 is 11.6 Å². The molecular formula is C18H23ClN8O. The van der Waals surface area contributed by atoms with Gasteiger partial charge in [0.1, 0.15) is 23.8 Å². The molecule has 2 aliphatic carbocycles. The molecule has 9 nitrogen and oxygen atoms in total. The maximum atomic E-state index is 6.48. The van der Waals surface area contributed by atoms with Crippen LogP contribution in [0.25, 0.3) is 0 Å². The van der Waals surface area contributed by atoms with Crippen molar-refractivity contribution in [3.05, 3.63) is 23.4 Å². The second kappa shape index (κ2) is 6.18. The summed E-state index contributed by atoms with van der Waals surface area (Å²) >= 11 is 6.48. The number of anilines is 1. The van der Waals surface area contributed by atoms with Gasteiger partial charge in [0.25, 0.3) is 5.96 Å². The van der Waals surface area contributed by atoms with Crippen molar-refractivity contribution >= 4 is 23.4 Å². The number of nitrogens with zero attached hydrogens (tertiary/aromatic N) is 7. The fraction of sp³-hybridized carbons (Fsp3) is 0.667. The van der Waals surface area contributed by atoms with Crippen LogP contribution < -0.4 is 10.3 Å². The van der Waals surface area contributed by atoms with Crippen molar-refractivity contribution in [3.63, 3.8) is 0 Å². The summed E-state index contributed by atoms with van der Waals surface area (Å²) in [6, 6.07) is 0.362. The summed E-state index contributed by atoms with van der Waals surface area (Å²) in [7, 11) is 1.74. The first-order valence-corrected chi connectivity index (χ1v) is 10.4. The van der Waals surface area contributed by atoms with Gasteiger partial charge >= 0.3 is 0 Å². The van der Waals surface area contributed by atoms with Crippen LogP contribution in [0.1, 0.15) is 56.4 Å². The molecule has 2 aliphatic heterocycles. The van der Waals surface area contributed by atoms with Crippen LogP contribution in [0.15, 0.2) is 17.5 Å². The van der Waals surface area contributed by atoms with E-state index in [1.54, 1.807) is 11.8 Å². The Morgan fingerprint density at radius 2 is 2.11 bits per heavy atom. The molecule has 0 bridgehead atoms. The highest BCUT2D eigenvalue weighted by Crippen LogP contribution is 2.47. The number of aromatic nitrogens is 5. The molecule has 148 valence electrons. The van der Waals surface area contributed by atoms with Crippen LogP contribution in [0.2, 0.25) is 5.28 Å².